The lowest BCUT2D eigenvalue weighted by Crippen LogP contribution is -2.03. The Hall–Kier alpha value is -7.08. The highest BCUT2D eigenvalue weighted by Gasteiger charge is 2.27. The van der Waals surface area contributed by atoms with Gasteiger partial charge in [0.25, 0.3) is 0 Å². The topological polar surface area (TPSA) is 43.9 Å². The minimum atomic E-state index is 0.632. The van der Waals surface area contributed by atoms with E-state index in [1.54, 1.807) is 0 Å². The maximum absolute atomic E-state index is 6.72. The van der Waals surface area contributed by atoms with Crippen molar-refractivity contribution in [1.82, 2.24) is 14.5 Å². The van der Waals surface area contributed by atoms with E-state index in [1.807, 2.05) is 23.5 Å². The maximum Gasteiger partial charge on any atom is 0.236 e. The van der Waals surface area contributed by atoms with E-state index >= 15 is 0 Å². The largest absolute Gasteiger partial charge is 0.452 e. The Labute approximate surface area is 315 Å². The Kier molecular flexibility index (Phi) is 5.12. The normalized spacial score (nSPS) is 12.7. The van der Waals surface area contributed by atoms with Gasteiger partial charge in [-0.3, -0.25) is 4.57 Å². The fourth-order valence-corrected chi connectivity index (χ4v) is 11.1. The van der Waals surface area contributed by atoms with Gasteiger partial charge in [0.2, 0.25) is 5.95 Å². The van der Waals surface area contributed by atoms with Crippen LogP contribution >= 0.6 is 11.3 Å². The number of hydrogen-bond acceptors (Lipinski definition) is 4. The highest BCUT2D eigenvalue weighted by atomic mass is 32.1. The van der Waals surface area contributed by atoms with Gasteiger partial charge in [0.05, 0.1) is 11.0 Å². The zero-order valence-electron chi connectivity index (χ0n) is 29.1. The molecule has 0 aliphatic carbocycles. The molecule has 252 valence electrons. The molecular formula is C50H25N3OS. The molecule has 10 aromatic carbocycles. The van der Waals surface area contributed by atoms with Crippen LogP contribution in [0.1, 0.15) is 0 Å². The number of thiophene rings is 1. The van der Waals surface area contributed by atoms with E-state index in [0.29, 0.717) is 11.5 Å². The van der Waals surface area contributed by atoms with Gasteiger partial charge in [0.1, 0.15) is 16.8 Å². The molecule has 0 aliphatic heterocycles. The summed E-state index contributed by atoms with van der Waals surface area (Å²) in [6.45, 7) is 0. The first-order valence-corrected chi connectivity index (χ1v) is 19.5. The van der Waals surface area contributed by atoms with E-state index in [9.17, 15) is 0 Å². The first kappa shape index (κ1) is 28.4. The van der Waals surface area contributed by atoms with Gasteiger partial charge in [0, 0.05) is 47.3 Å². The summed E-state index contributed by atoms with van der Waals surface area (Å²) in [7, 11) is 0. The fraction of sp³-hybridized carbons (Fsp3) is 0. The van der Waals surface area contributed by atoms with Crippen LogP contribution in [0.15, 0.2) is 156 Å². The lowest BCUT2D eigenvalue weighted by atomic mass is 9.97. The Bertz CT molecular complexity index is 3960. The average Bonchev–Trinajstić information content (AvgIpc) is 3.97. The summed E-state index contributed by atoms with van der Waals surface area (Å²) < 4.78 is 11.5. The van der Waals surface area contributed by atoms with E-state index in [0.717, 1.165) is 38.8 Å². The minimum absolute atomic E-state index is 0.632. The number of benzene rings is 8. The lowest BCUT2D eigenvalue weighted by Gasteiger charge is -2.12. The average molecular weight is 716 g/mol. The highest BCUT2D eigenvalue weighted by Crippen LogP contribution is 2.51. The standard InChI is InChI=1S/C50H25N3OS/c1-2-12-27-26(11-1)30-17-9-19-37-44(30)46-38(25-36-29-14-4-3-13-28(29)31-23-24-32(27)45(46)43(31)36)53(37)50-51-47-33-15-5-7-20-39(33)54-49(47)48(52-50)35-18-10-22-41-42(35)34-16-6-8-21-40(34)55-41/h1-25H. The van der Waals surface area contributed by atoms with Gasteiger partial charge in [-0.2, -0.15) is 0 Å². The summed E-state index contributed by atoms with van der Waals surface area (Å²) in [5.74, 6) is 0.632. The van der Waals surface area contributed by atoms with Crippen LogP contribution in [0.25, 0.3) is 135 Å². The fourth-order valence-electron chi connectivity index (χ4n) is 9.94. The van der Waals surface area contributed by atoms with Gasteiger partial charge in [-0.1, -0.05) is 115 Å². The third-order valence-electron chi connectivity index (χ3n) is 12.1. The van der Waals surface area contributed by atoms with Crippen molar-refractivity contribution in [3.63, 3.8) is 0 Å². The minimum Gasteiger partial charge on any atom is -0.452 e. The maximum atomic E-state index is 6.72. The van der Waals surface area contributed by atoms with Crippen LogP contribution < -0.4 is 0 Å². The summed E-state index contributed by atoms with van der Waals surface area (Å²) in [6, 6.07) is 55.0. The van der Waals surface area contributed by atoms with Crippen molar-refractivity contribution in [1.29, 1.82) is 0 Å². The molecule has 0 unspecified atom stereocenters. The molecule has 0 spiro atoms. The van der Waals surface area contributed by atoms with Crippen molar-refractivity contribution < 1.29 is 4.42 Å². The monoisotopic (exact) mass is 715 g/mol. The first-order valence-electron chi connectivity index (χ1n) is 18.7. The van der Waals surface area contributed by atoms with Crippen LogP contribution in [0.3, 0.4) is 0 Å². The first-order chi connectivity index (χ1) is 27.3. The number of furan rings is 1. The van der Waals surface area contributed by atoms with Crippen LogP contribution in [-0.2, 0) is 0 Å². The quantitative estimate of drug-likeness (QED) is 0.179. The number of hydrogen-bond donors (Lipinski definition) is 0. The second kappa shape index (κ2) is 9.91. The second-order valence-electron chi connectivity index (χ2n) is 14.8. The molecule has 14 rings (SSSR count). The zero-order valence-corrected chi connectivity index (χ0v) is 29.9. The smallest absolute Gasteiger partial charge is 0.236 e. The number of aromatic nitrogens is 3. The van der Waals surface area contributed by atoms with E-state index in [2.05, 4.69) is 144 Å². The third kappa shape index (κ3) is 3.44. The van der Waals surface area contributed by atoms with E-state index < -0.39 is 0 Å². The van der Waals surface area contributed by atoms with Crippen molar-refractivity contribution in [3.05, 3.63) is 152 Å². The molecule has 55 heavy (non-hydrogen) atoms. The summed E-state index contributed by atoms with van der Waals surface area (Å²) in [5.41, 5.74) is 6.35. The molecule has 4 heterocycles. The van der Waals surface area contributed by atoms with Crippen molar-refractivity contribution in [2.45, 2.75) is 0 Å². The van der Waals surface area contributed by atoms with E-state index in [1.165, 1.54) is 84.8 Å². The number of para-hydroxylation sites is 1. The van der Waals surface area contributed by atoms with Crippen LogP contribution in [0.4, 0.5) is 0 Å². The molecule has 0 fully saturated rings. The molecule has 5 heteroatoms. The predicted molar refractivity (Wildman–Crippen MR) is 232 cm³/mol. The van der Waals surface area contributed by atoms with Crippen LogP contribution in [-0.4, -0.2) is 14.5 Å². The Balaban J connectivity index is 1.23. The zero-order chi connectivity index (χ0) is 35.5. The lowest BCUT2D eigenvalue weighted by molar-refractivity contribution is 0.666. The molecule has 4 aromatic heterocycles. The van der Waals surface area contributed by atoms with Gasteiger partial charge >= 0.3 is 0 Å². The Morgan fingerprint density at radius 3 is 1.84 bits per heavy atom. The summed E-state index contributed by atoms with van der Waals surface area (Å²) in [4.78, 5) is 11.1. The van der Waals surface area contributed by atoms with Crippen molar-refractivity contribution >= 4 is 129 Å². The van der Waals surface area contributed by atoms with E-state index in [-0.39, 0.29) is 0 Å². The molecule has 0 aliphatic rings. The molecule has 14 aromatic rings. The number of rotatable bonds is 2. The molecule has 0 bridgehead atoms. The predicted octanol–water partition coefficient (Wildman–Crippen LogP) is 14.1. The molecule has 0 saturated carbocycles. The molecule has 0 saturated heterocycles. The molecular weight excluding hydrogens is 691 g/mol. The molecule has 0 atom stereocenters. The van der Waals surface area contributed by atoms with Crippen LogP contribution in [0.2, 0.25) is 0 Å². The third-order valence-corrected chi connectivity index (χ3v) is 13.3. The van der Waals surface area contributed by atoms with E-state index in [4.69, 9.17) is 14.4 Å². The van der Waals surface area contributed by atoms with Gasteiger partial charge in [-0.25, -0.2) is 9.97 Å². The van der Waals surface area contributed by atoms with Crippen molar-refractivity contribution in [2.75, 3.05) is 0 Å². The second-order valence-corrected chi connectivity index (χ2v) is 15.9. The molecule has 0 N–H and O–H groups in total. The SMILES string of the molecule is c1ccc2c(c1)oc1c(-c3cccc4sc5ccccc5c34)nc(-n3c4cccc5c6ccccc6c6ccc7c8ccccc8c8cc3c(c6c78)c54)nc12. The summed E-state index contributed by atoms with van der Waals surface area (Å²) >= 11 is 1.82. The van der Waals surface area contributed by atoms with Gasteiger partial charge in [-0.15, -0.1) is 11.3 Å². The van der Waals surface area contributed by atoms with Gasteiger partial charge in [-0.05, 0) is 84.9 Å². The Morgan fingerprint density at radius 1 is 0.418 bits per heavy atom. The van der Waals surface area contributed by atoms with Gasteiger partial charge in [0.15, 0.2) is 5.58 Å². The van der Waals surface area contributed by atoms with Crippen LogP contribution in [0.5, 0.6) is 0 Å². The number of nitrogens with zero attached hydrogens (tertiary/aromatic N) is 3. The summed E-state index contributed by atoms with van der Waals surface area (Å²) in [5, 5.41) is 18.6. The Morgan fingerprint density at radius 2 is 1.04 bits per heavy atom. The highest BCUT2D eigenvalue weighted by molar-refractivity contribution is 7.25. The van der Waals surface area contributed by atoms with Gasteiger partial charge < -0.3 is 4.42 Å². The van der Waals surface area contributed by atoms with Crippen LogP contribution in [0, 0.1) is 0 Å². The van der Waals surface area contributed by atoms with Crippen molar-refractivity contribution in [2.24, 2.45) is 0 Å². The van der Waals surface area contributed by atoms with Crippen molar-refractivity contribution in [3.8, 4) is 17.2 Å². The number of fused-ring (bicyclic) bond motifs is 12. The molecule has 0 amide bonds. The summed E-state index contributed by atoms with van der Waals surface area (Å²) in [6.07, 6.45) is 0. The molecule has 4 nitrogen and oxygen atoms in total. The molecule has 0 radical (unpaired) electrons.